The number of benzene rings is 3. The zero-order valence-electron chi connectivity index (χ0n) is 16.3. The van der Waals surface area contributed by atoms with Crippen LogP contribution < -0.4 is 10.9 Å². The first-order chi connectivity index (χ1) is 15.4. The molecular weight excluding hydrogens is 476 g/mol. The average molecular weight is 489 g/mol. The normalized spacial score (nSPS) is 13.9. The van der Waals surface area contributed by atoms with Gasteiger partial charge in [0.15, 0.2) is 0 Å². The number of fused-ring (bicyclic) bond motifs is 2. The molecule has 8 nitrogen and oxygen atoms in total. The van der Waals surface area contributed by atoms with Crippen LogP contribution in [-0.2, 0) is 4.79 Å². The van der Waals surface area contributed by atoms with Crippen molar-refractivity contribution in [2.75, 3.05) is 5.32 Å². The summed E-state index contributed by atoms with van der Waals surface area (Å²) in [5.74, 6) is -0.140. The first-order valence-corrected chi connectivity index (χ1v) is 10.3. The highest BCUT2D eigenvalue weighted by atomic mass is 79.9. The fourth-order valence-corrected chi connectivity index (χ4v) is 4.04. The topological polar surface area (TPSA) is 107 Å². The molecule has 0 unspecified atom stereocenters. The summed E-state index contributed by atoms with van der Waals surface area (Å²) in [5.41, 5.74) is 1.83. The van der Waals surface area contributed by atoms with Crippen LogP contribution in [-0.4, -0.2) is 20.4 Å². The summed E-state index contributed by atoms with van der Waals surface area (Å²) < 4.78 is 2.08. The molecule has 1 N–H and O–H groups in total. The molecule has 1 aliphatic rings. The lowest BCUT2D eigenvalue weighted by molar-refractivity contribution is -0.384. The third-order valence-electron chi connectivity index (χ3n) is 5.14. The number of hydrogen-bond donors (Lipinski definition) is 1. The van der Waals surface area contributed by atoms with Crippen molar-refractivity contribution in [1.29, 1.82) is 0 Å². The molecule has 1 aliphatic heterocycles. The number of carbonyl (C=O) groups excluding carboxylic acids is 1. The van der Waals surface area contributed by atoms with E-state index in [0.717, 1.165) is 4.47 Å². The van der Waals surface area contributed by atoms with Crippen LogP contribution in [0.15, 0.2) is 76.0 Å². The maximum Gasteiger partial charge on any atom is 0.271 e. The molecule has 0 saturated carbocycles. The Balaban J connectivity index is 1.82. The molecule has 0 aliphatic carbocycles. The molecule has 0 fully saturated rings. The van der Waals surface area contributed by atoms with Gasteiger partial charge < -0.3 is 5.32 Å². The Hall–Kier alpha value is -4.11. The first-order valence-electron chi connectivity index (χ1n) is 9.52. The molecule has 0 atom stereocenters. The van der Waals surface area contributed by atoms with E-state index in [-0.39, 0.29) is 23.1 Å². The van der Waals surface area contributed by atoms with Crippen molar-refractivity contribution in [3.63, 3.8) is 0 Å². The highest BCUT2D eigenvalue weighted by Gasteiger charge is 2.25. The Kier molecular flexibility index (Phi) is 4.67. The smallest absolute Gasteiger partial charge is 0.271 e. The Morgan fingerprint density at radius 1 is 1.03 bits per heavy atom. The number of nitrogens with zero attached hydrogens (tertiary/aromatic N) is 3. The lowest BCUT2D eigenvalue weighted by atomic mass is 10.1. The Morgan fingerprint density at radius 2 is 1.84 bits per heavy atom. The number of halogens is 1. The van der Waals surface area contributed by atoms with Crippen molar-refractivity contribution in [2.24, 2.45) is 0 Å². The van der Waals surface area contributed by atoms with E-state index >= 15 is 0 Å². The minimum atomic E-state index is -0.528. The Morgan fingerprint density at radius 3 is 2.66 bits per heavy atom. The molecule has 0 radical (unpaired) electrons. The third kappa shape index (κ3) is 3.28. The summed E-state index contributed by atoms with van der Waals surface area (Å²) in [6.45, 7) is 0. The Labute approximate surface area is 189 Å². The summed E-state index contributed by atoms with van der Waals surface area (Å²) >= 11 is 3.41. The van der Waals surface area contributed by atoms with E-state index in [0.29, 0.717) is 27.7 Å². The van der Waals surface area contributed by atoms with Crippen LogP contribution in [0.5, 0.6) is 0 Å². The third-order valence-corrected chi connectivity index (χ3v) is 5.63. The number of nitrogens with one attached hydrogen (secondary N) is 1. The number of rotatable bonds is 3. The van der Waals surface area contributed by atoms with Crippen molar-refractivity contribution in [3.05, 3.63) is 103 Å². The predicted octanol–water partition coefficient (Wildman–Crippen LogP) is 4.55. The van der Waals surface area contributed by atoms with Gasteiger partial charge in [-0.15, -0.1) is 0 Å². The molecule has 0 bridgehead atoms. The van der Waals surface area contributed by atoms with Gasteiger partial charge >= 0.3 is 0 Å². The minimum absolute atomic E-state index is 0.158. The van der Waals surface area contributed by atoms with Crippen LogP contribution in [0, 0.1) is 10.1 Å². The molecule has 9 heteroatoms. The highest BCUT2D eigenvalue weighted by molar-refractivity contribution is 9.10. The summed E-state index contributed by atoms with van der Waals surface area (Å²) in [6, 6.07) is 18.0. The van der Waals surface area contributed by atoms with Crippen LogP contribution in [0.3, 0.4) is 0 Å². The Bertz CT molecular complexity index is 1540. The van der Waals surface area contributed by atoms with E-state index in [2.05, 4.69) is 26.2 Å². The molecular formula is C23H13BrN4O4. The molecule has 1 amide bonds. The molecule has 4 aromatic rings. The summed E-state index contributed by atoms with van der Waals surface area (Å²) in [6.07, 6.45) is 1.53. The van der Waals surface area contributed by atoms with Gasteiger partial charge in [-0.05, 0) is 42.5 Å². The van der Waals surface area contributed by atoms with Crippen molar-refractivity contribution in [3.8, 4) is 5.69 Å². The second-order valence-corrected chi connectivity index (χ2v) is 8.02. The van der Waals surface area contributed by atoms with Crippen molar-refractivity contribution >= 4 is 55.8 Å². The fourth-order valence-electron chi connectivity index (χ4n) is 3.67. The maximum atomic E-state index is 13.4. The number of amides is 1. The van der Waals surface area contributed by atoms with Gasteiger partial charge in [0.1, 0.15) is 5.82 Å². The van der Waals surface area contributed by atoms with Gasteiger partial charge in [-0.3, -0.25) is 24.3 Å². The maximum absolute atomic E-state index is 13.4. The molecule has 3 aromatic carbocycles. The average Bonchev–Trinajstić information content (AvgIpc) is 3.08. The van der Waals surface area contributed by atoms with Crippen LogP contribution >= 0.6 is 15.9 Å². The number of nitro benzene ring substituents is 1. The highest BCUT2D eigenvalue weighted by Crippen LogP contribution is 2.35. The predicted molar refractivity (Wildman–Crippen MR) is 125 cm³/mol. The van der Waals surface area contributed by atoms with E-state index in [9.17, 15) is 19.7 Å². The fraction of sp³-hybridized carbons (Fsp3) is 0. The van der Waals surface area contributed by atoms with Gasteiger partial charge in [0.2, 0.25) is 0 Å². The number of anilines is 1. The van der Waals surface area contributed by atoms with Gasteiger partial charge in [-0.1, -0.05) is 34.1 Å². The van der Waals surface area contributed by atoms with Gasteiger partial charge in [0, 0.05) is 27.9 Å². The second-order valence-electron chi connectivity index (χ2n) is 7.11. The summed E-state index contributed by atoms with van der Waals surface area (Å²) in [4.78, 5) is 41.5. The number of non-ortho nitro benzene ring substituents is 1. The van der Waals surface area contributed by atoms with Crippen LogP contribution in [0.25, 0.3) is 28.2 Å². The van der Waals surface area contributed by atoms with Crippen LogP contribution in [0.2, 0.25) is 0 Å². The summed E-state index contributed by atoms with van der Waals surface area (Å²) in [5, 5.41) is 14.4. The standard InChI is InChI=1S/C23H13BrN4O4/c24-13-8-9-20-17(10-13)18(22(29)26-20)12-21-25-19-7-2-1-6-16(19)23(30)27(21)14-4-3-5-15(11-14)28(31)32/h1-12H,(H,26,29)/b18-12-. The SMILES string of the molecule is O=C1Nc2ccc(Br)cc2/C1=C/c1nc2ccccc2c(=O)n1-c1cccc([N+](=O)[O-])c1. The monoisotopic (exact) mass is 488 g/mol. The van der Waals surface area contributed by atoms with Crippen molar-refractivity contribution < 1.29 is 9.72 Å². The number of hydrogen-bond acceptors (Lipinski definition) is 5. The summed E-state index contributed by atoms with van der Waals surface area (Å²) in [7, 11) is 0. The van der Waals surface area contributed by atoms with E-state index in [1.807, 2.05) is 6.07 Å². The number of nitro groups is 1. The van der Waals surface area contributed by atoms with E-state index < -0.39 is 10.5 Å². The quantitative estimate of drug-likeness (QED) is 0.258. The molecule has 0 spiro atoms. The van der Waals surface area contributed by atoms with Crippen LogP contribution in [0.1, 0.15) is 11.4 Å². The second kappa shape index (κ2) is 7.54. The molecule has 1 aromatic heterocycles. The van der Waals surface area contributed by atoms with Crippen LogP contribution in [0.4, 0.5) is 11.4 Å². The lowest BCUT2D eigenvalue weighted by Crippen LogP contribution is -2.22. The van der Waals surface area contributed by atoms with Gasteiger partial charge in [0.05, 0.1) is 27.1 Å². The molecule has 32 heavy (non-hydrogen) atoms. The van der Waals surface area contributed by atoms with Crippen molar-refractivity contribution in [2.45, 2.75) is 0 Å². The largest absolute Gasteiger partial charge is 0.321 e. The lowest BCUT2D eigenvalue weighted by Gasteiger charge is -2.12. The minimum Gasteiger partial charge on any atom is -0.321 e. The van der Waals surface area contributed by atoms with Gasteiger partial charge in [0.25, 0.3) is 17.2 Å². The van der Waals surface area contributed by atoms with E-state index in [1.165, 1.54) is 28.8 Å². The van der Waals surface area contributed by atoms with Gasteiger partial charge in [-0.25, -0.2) is 4.98 Å². The zero-order chi connectivity index (χ0) is 22.4. The molecule has 0 saturated heterocycles. The molecule has 2 heterocycles. The van der Waals surface area contributed by atoms with Crippen molar-refractivity contribution in [1.82, 2.24) is 9.55 Å². The van der Waals surface area contributed by atoms with Gasteiger partial charge in [-0.2, -0.15) is 0 Å². The zero-order valence-corrected chi connectivity index (χ0v) is 17.9. The van der Waals surface area contributed by atoms with E-state index in [4.69, 9.17) is 0 Å². The number of para-hydroxylation sites is 1. The first kappa shape index (κ1) is 19.8. The number of carbonyl (C=O) groups is 1. The molecule has 156 valence electrons. The molecule has 5 rings (SSSR count). The number of aromatic nitrogens is 2. The van der Waals surface area contributed by atoms with E-state index in [1.54, 1.807) is 42.5 Å².